The Morgan fingerprint density at radius 1 is 1.29 bits per heavy atom. The number of halogens is 4. The number of anilines is 1. The van der Waals surface area contributed by atoms with Gasteiger partial charge < -0.3 is 14.9 Å². The molecule has 1 unspecified atom stereocenters. The maximum absolute atomic E-state index is 14.2. The van der Waals surface area contributed by atoms with E-state index in [0.29, 0.717) is 12.5 Å². The second kappa shape index (κ2) is 7.69. The summed E-state index contributed by atoms with van der Waals surface area (Å²) in [6.45, 7) is 3.58. The normalized spacial score (nSPS) is 22.5. The molecule has 28 heavy (non-hydrogen) atoms. The van der Waals surface area contributed by atoms with Crippen LogP contribution in [-0.2, 0) is 9.59 Å². The first kappa shape index (κ1) is 22.1. The minimum absolute atomic E-state index is 0.101. The van der Waals surface area contributed by atoms with Crippen LogP contribution in [0, 0.1) is 24.6 Å². The van der Waals surface area contributed by atoms with Gasteiger partial charge in [0.25, 0.3) is 5.91 Å². The zero-order valence-electron chi connectivity index (χ0n) is 16.2. The molecule has 0 aromatic heterocycles. The lowest BCUT2D eigenvalue weighted by molar-refractivity contribution is -0.251. The smallest absolute Gasteiger partial charge is 0.373 e. The molecular formula is C19H24F4N2O3. The van der Waals surface area contributed by atoms with Gasteiger partial charge in [-0.15, -0.1) is 0 Å². The SMILES string of the molecule is Cc1ccc(N(C)C(=O)[C@@H]2CCN(C(=O)C(C)(O)C(F)(F)F)C[C@@H]2C)c(F)c1. The molecule has 1 N–H and O–H groups in total. The van der Waals surface area contributed by atoms with Crippen molar-refractivity contribution in [3.8, 4) is 0 Å². The number of rotatable bonds is 3. The first-order valence-corrected chi connectivity index (χ1v) is 8.89. The van der Waals surface area contributed by atoms with E-state index >= 15 is 0 Å². The van der Waals surface area contributed by atoms with Gasteiger partial charge in [-0.3, -0.25) is 9.59 Å². The zero-order chi connectivity index (χ0) is 21.4. The van der Waals surface area contributed by atoms with Crippen LogP contribution in [0.25, 0.3) is 0 Å². The minimum Gasteiger partial charge on any atom is -0.373 e. The summed E-state index contributed by atoms with van der Waals surface area (Å²) in [7, 11) is 1.44. The summed E-state index contributed by atoms with van der Waals surface area (Å²) in [6, 6.07) is 4.47. The first-order valence-electron chi connectivity index (χ1n) is 8.89. The minimum atomic E-state index is -5.09. The number of carbonyl (C=O) groups excluding carboxylic acids is 2. The lowest BCUT2D eigenvalue weighted by Gasteiger charge is -2.40. The third-order valence-electron chi connectivity index (χ3n) is 5.27. The van der Waals surface area contributed by atoms with Crippen LogP contribution >= 0.6 is 0 Å². The van der Waals surface area contributed by atoms with E-state index in [9.17, 15) is 32.3 Å². The summed E-state index contributed by atoms with van der Waals surface area (Å²) >= 11 is 0. The second-order valence-corrected chi connectivity index (χ2v) is 7.55. The maximum atomic E-state index is 14.2. The van der Waals surface area contributed by atoms with Crippen LogP contribution in [0.5, 0.6) is 0 Å². The summed E-state index contributed by atoms with van der Waals surface area (Å²) in [6.07, 6.45) is -4.97. The molecule has 0 aliphatic carbocycles. The van der Waals surface area contributed by atoms with Crippen LogP contribution in [0.4, 0.5) is 23.2 Å². The average Bonchev–Trinajstić information content (AvgIpc) is 2.58. The molecule has 156 valence electrons. The Morgan fingerprint density at radius 2 is 1.89 bits per heavy atom. The molecule has 0 bridgehead atoms. The van der Waals surface area contributed by atoms with E-state index in [1.54, 1.807) is 19.9 Å². The van der Waals surface area contributed by atoms with E-state index < -0.39 is 35.3 Å². The number of hydrogen-bond donors (Lipinski definition) is 1. The van der Waals surface area contributed by atoms with Gasteiger partial charge in [-0.05, 0) is 43.9 Å². The molecule has 1 heterocycles. The lowest BCUT2D eigenvalue weighted by Crippen LogP contribution is -2.59. The third kappa shape index (κ3) is 4.14. The van der Waals surface area contributed by atoms with Crippen LogP contribution in [0.1, 0.15) is 25.8 Å². The maximum Gasteiger partial charge on any atom is 0.426 e. The van der Waals surface area contributed by atoms with Crippen LogP contribution in [0.2, 0.25) is 0 Å². The van der Waals surface area contributed by atoms with Crippen LogP contribution < -0.4 is 4.90 Å². The van der Waals surface area contributed by atoms with Gasteiger partial charge in [0.05, 0.1) is 5.69 Å². The van der Waals surface area contributed by atoms with Crippen molar-refractivity contribution in [3.05, 3.63) is 29.6 Å². The van der Waals surface area contributed by atoms with Gasteiger partial charge in [0.15, 0.2) is 0 Å². The molecule has 1 saturated heterocycles. The molecule has 1 fully saturated rings. The number of alkyl halides is 3. The Hall–Kier alpha value is -2.16. The molecule has 0 saturated carbocycles. The van der Waals surface area contributed by atoms with Gasteiger partial charge in [-0.1, -0.05) is 13.0 Å². The van der Waals surface area contributed by atoms with E-state index in [0.717, 1.165) is 4.90 Å². The van der Waals surface area contributed by atoms with Gasteiger partial charge in [0, 0.05) is 26.1 Å². The number of carbonyl (C=O) groups is 2. The Morgan fingerprint density at radius 3 is 2.39 bits per heavy atom. The van der Waals surface area contributed by atoms with E-state index in [1.807, 2.05) is 0 Å². The standard InChI is InChI=1S/C19H24F4N2O3/c1-11-5-6-15(14(20)9-11)24(4)16(26)13-7-8-25(10-12(13)2)17(27)18(3,28)19(21,22)23/h5-6,9,12-13,28H,7-8,10H2,1-4H3/t12-,13+,18?/m0/s1. The largest absolute Gasteiger partial charge is 0.426 e. The fourth-order valence-corrected chi connectivity index (χ4v) is 3.38. The van der Waals surface area contributed by atoms with Crippen molar-refractivity contribution < 1.29 is 32.3 Å². The number of benzene rings is 1. The zero-order valence-corrected chi connectivity index (χ0v) is 16.2. The topological polar surface area (TPSA) is 60.9 Å². The molecule has 2 amide bonds. The van der Waals surface area contributed by atoms with Crippen molar-refractivity contribution in [2.24, 2.45) is 11.8 Å². The summed E-state index contributed by atoms with van der Waals surface area (Å²) in [5.74, 6) is -3.38. The molecule has 3 atom stereocenters. The number of nitrogens with zero attached hydrogens (tertiary/aromatic N) is 2. The summed E-state index contributed by atoms with van der Waals surface area (Å²) in [4.78, 5) is 27.1. The molecule has 0 radical (unpaired) electrons. The molecule has 0 spiro atoms. The quantitative estimate of drug-likeness (QED) is 0.789. The van der Waals surface area contributed by atoms with Crippen molar-refractivity contribution in [2.75, 3.05) is 25.0 Å². The predicted octanol–water partition coefficient (Wildman–Crippen LogP) is 2.89. The average molecular weight is 404 g/mol. The number of piperidine rings is 1. The molecule has 1 aliphatic rings. The highest BCUT2D eigenvalue weighted by Crippen LogP contribution is 2.34. The molecule has 5 nitrogen and oxygen atoms in total. The predicted molar refractivity (Wildman–Crippen MR) is 95.1 cm³/mol. The van der Waals surface area contributed by atoms with Gasteiger partial charge in [0.1, 0.15) is 5.82 Å². The fourth-order valence-electron chi connectivity index (χ4n) is 3.38. The number of aryl methyl sites for hydroxylation is 1. The van der Waals surface area contributed by atoms with E-state index in [4.69, 9.17) is 0 Å². The van der Waals surface area contributed by atoms with Crippen molar-refractivity contribution in [2.45, 2.75) is 39.0 Å². The van der Waals surface area contributed by atoms with E-state index in [2.05, 4.69) is 0 Å². The molecule has 1 aliphatic heterocycles. The molecule has 1 aromatic carbocycles. The van der Waals surface area contributed by atoms with E-state index in [-0.39, 0.29) is 31.1 Å². The lowest BCUT2D eigenvalue weighted by atomic mass is 9.85. The van der Waals surface area contributed by atoms with Crippen molar-refractivity contribution in [3.63, 3.8) is 0 Å². The highest BCUT2D eigenvalue weighted by Gasteiger charge is 2.57. The fraction of sp³-hybridized carbons (Fsp3) is 0.579. The Kier molecular flexibility index (Phi) is 6.08. The summed E-state index contributed by atoms with van der Waals surface area (Å²) in [5.41, 5.74) is -2.66. The van der Waals surface area contributed by atoms with Crippen LogP contribution in [0.15, 0.2) is 18.2 Å². The van der Waals surface area contributed by atoms with Crippen molar-refractivity contribution in [1.82, 2.24) is 4.90 Å². The number of amides is 2. The van der Waals surface area contributed by atoms with Gasteiger partial charge >= 0.3 is 6.18 Å². The monoisotopic (exact) mass is 404 g/mol. The number of hydrogen-bond acceptors (Lipinski definition) is 3. The Balaban J connectivity index is 2.11. The Bertz CT molecular complexity index is 764. The molecular weight excluding hydrogens is 380 g/mol. The summed E-state index contributed by atoms with van der Waals surface area (Å²) < 4.78 is 52.9. The van der Waals surface area contributed by atoms with E-state index in [1.165, 1.54) is 24.1 Å². The number of aliphatic hydroxyl groups is 1. The van der Waals surface area contributed by atoms with Gasteiger partial charge in [-0.25, -0.2) is 4.39 Å². The van der Waals surface area contributed by atoms with Crippen LogP contribution in [-0.4, -0.2) is 53.7 Å². The molecule has 1 aromatic rings. The van der Waals surface area contributed by atoms with Crippen molar-refractivity contribution >= 4 is 17.5 Å². The number of likely N-dealkylation sites (tertiary alicyclic amines) is 1. The van der Waals surface area contributed by atoms with Crippen molar-refractivity contribution in [1.29, 1.82) is 0 Å². The van der Waals surface area contributed by atoms with Gasteiger partial charge in [-0.2, -0.15) is 13.2 Å². The van der Waals surface area contributed by atoms with Gasteiger partial charge in [0.2, 0.25) is 11.5 Å². The molecule has 2 rings (SSSR count). The first-order chi connectivity index (χ1) is 12.8. The Labute approximate surface area is 160 Å². The second-order valence-electron chi connectivity index (χ2n) is 7.55. The summed E-state index contributed by atoms with van der Waals surface area (Å²) in [5, 5.41) is 9.59. The molecule has 9 heteroatoms. The highest BCUT2D eigenvalue weighted by molar-refractivity contribution is 5.95. The third-order valence-corrected chi connectivity index (χ3v) is 5.27. The highest BCUT2D eigenvalue weighted by atomic mass is 19.4. The van der Waals surface area contributed by atoms with Crippen LogP contribution in [0.3, 0.4) is 0 Å².